The van der Waals surface area contributed by atoms with Crippen molar-refractivity contribution in [3.8, 4) is 0 Å². The van der Waals surface area contributed by atoms with Gasteiger partial charge in [-0.25, -0.2) is 0 Å². The largest absolute Gasteiger partial charge is 0.0620 e. The molecule has 15 heavy (non-hydrogen) atoms. The number of hydrogen-bond donors (Lipinski definition) is 0. The Balaban J connectivity index is 2.87. The molecule has 0 spiro atoms. The second-order valence-corrected chi connectivity index (χ2v) is 8.10. The zero-order valence-corrected chi connectivity index (χ0v) is 11.9. The Kier molecular flexibility index (Phi) is 3.30. The van der Waals surface area contributed by atoms with Gasteiger partial charge in [-0.05, 0) is 47.8 Å². The summed E-state index contributed by atoms with van der Waals surface area (Å²) >= 11 is 0. The minimum atomic E-state index is 0.514. The Morgan fingerprint density at radius 2 is 1.33 bits per heavy atom. The lowest BCUT2D eigenvalue weighted by molar-refractivity contribution is 0.0542. The van der Waals surface area contributed by atoms with Crippen LogP contribution in [-0.2, 0) is 0 Å². The van der Waals surface area contributed by atoms with Crippen molar-refractivity contribution in [1.29, 1.82) is 0 Å². The minimum absolute atomic E-state index is 0.514. The van der Waals surface area contributed by atoms with Crippen LogP contribution in [-0.4, -0.2) is 0 Å². The van der Waals surface area contributed by atoms with Gasteiger partial charge in [0.1, 0.15) is 0 Å². The Bertz CT molecular complexity index is 220. The summed E-state index contributed by atoms with van der Waals surface area (Å²) < 4.78 is 0. The van der Waals surface area contributed by atoms with Gasteiger partial charge >= 0.3 is 0 Å². The molecule has 0 radical (unpaired) electrons. The van der Waals surface area contributed by atoms with Crippen molar-refractivity contribution in [2.45, 2.75) is 74.1 Å². The van der Waals surface area contributed by atoms with Crippen molar-refractivity contribution < 1.29 is 0 Å². The van der Waals surface area contributed by atoms with Crippen LogP contribution in [0.15, 0.2) is 0 Å². The van der Waals surface area contributed by atoms with Gasteiger partial charge in [-0.1, -0.05) is 48.5 Å². The maximum atomic E-state index is 2.45. The Morgan fingerprint density at radius 1 is 0.800 bits per heavy atom. The fraction of sp³-hybridized carbons (Fsp3) is 1.00. The molecule has 0 heterocycles. The first kappa shape index (κ1) is 13.1. The van der Waals surface area contributed by atoms with Crippen LogP contribution in [0.2, 0.25) is 0 Å². The van der Waals surface area contributed by atoms with Gasteiger partial charge in [0.05, 0.1) is 0 Å². The SMILES string of the molecule is CC1CC(C)(C)CC(C)(C)CCC1(C)C. The molecule has 1 atom stereocenters. The first-order chi connectivity index (χ1) is 6.54. The molecule has 90 valence electrons. The van der Waals surface area contributed by atoms with Crippen LogP contribution in [0.4, 0.5) is 0 Å². The Labute approximate surface area is 96.8 Å². The van der Waals surface area contributed by atoms with Crippen molar-refractivity contribution in [1.82, 2.24) is 0 Å². The number of hydrogen-bond acceptors (Lipinski definition) is 0. The second-order valence-electron chi connectivity index (χ2n) is 8.10. The number of rotatable bonds is 0. The van der Waals surface area contributed by atoms with E-state index in [1.165, 1.54) is 25.7 Å². The highest BCUT2D eigenvalue weighted by Crippen LogP contribution is 2.49. The van der Waals surface area contributed by atoms with Crippen molar-refractivity contribution in [3.05, 3.63) is 0 Å². The molecular formula is C15H30. The zero-order chi connectivity index (χ0) is 11.9. The summed E-state index contributed by atoms with van der Waals surface area (Å²) in [6.45, 7) is 17.1. The monoisotopic (exact) mass is 210 g/mol. The lowest BCUT2D eigenvalue weighted by Crippen LogP contribution is -2.34. The van der Waals surface area contributed by atoms with E-state index < -0.39 is 0 Å². The first-order valence-electron chi connectivity index (χ1n) is 6.54. The molecular weight excluding hydrogens is 180 g/mol. The maximum Gasteiger partial charge on any atom is -0.0328 e. The fourth-order valence-electron chi connectivity index (χ4n) is 3.47. The molecule has 0 bridgehead atoms. The third-order valence-corrected chi connectivity index (χ3v) is 4.60. The van der Waals surface area contributed by atoms with Crippen LogP contribution in [0, 0.1) is 22.2 Å². The van der Waals surface area contributed by atoms with Gasteiger partial charge in [0, 0.05) is 0 Å². The minimum Gasteiger partial charge on any atom is -0.0620 e. The van der Waals surface area contributed by atoms with E-state index in [-0.39, 0.29) is 0 Å². The summed E-state index contributed by atoms with van der Waals surface area (Å²) in [5, 5.41) is 0. The van der Waals surface area contributed by atoms with E-state index in [9.17, 15) is 0 Å². The van der Waals surface area contributed by atoms with Gasteiger partial charge in [-0.3, -0.25) is 0 Å². The van der Waals surface area contributed by atoms with Gasteiger partial charge < -0.3 is 0 Å². The summed E-state index contributed by atoms with van der Waals surface area (Å²) in [7, 11) is 0. The molecule has 0 N–H and O–H groups in total. The highest BCUT2D eigenvalue weighted by molar-refractivity contribution is 4.89. The van der Waals surface area contributed by atoms with E-state index in [4.69, 9.17) is 0 Å². The predicted molar refractivity (Wildman–Crippen MR) is 69.0 cm³/mol. The third kappa shape index (κ3) is 3.50. The van der Waals surface area contributed by atoms with Gasteiger partial charge in [0.25, 0.3) is 0 Å². The summed E-state index contributed by atoms with van der Waals surface area (Å²) in [4.78, 5) is 0. The molecule has 0 aromatic rings. The molecule has 1 rings (SSSR count). The molecule has 0 saturated heterocycles. The molecule has 0 aliphatic heterocycles. The standard InChI is InChI=1S/C15H30/c1-12-10-14(4,5)11-13(2,3)8-9-15(12,6)7/h12H,8-11H2,1-7H3. The van der Waals surface area contributed by atoms with E-state index in [0.717, 1.165) is 5.92 Å². The molecule has 0 aromatic heterocycles. The van der Waals surface area contributed by atoms with Crippen LogP contribution in [0.25, 0.3) is 0 Å². The topological polar surface area (TPSA) is 0 Å². The molecule has 0 amide bonds. The van der Waals surface area contributed by atoms with E-state index in [0.29, 0.717) is 16.2 Å². The molecule has 0 aromatic carbocycles. The van der Waals surface area contributed by atoms with Gasteiger partial charge in [0.2, 0.25) is 0 Å². The summed E-state index contributed by atoms with van der Waals surface area (Å²) in [6, 6.07) is 0. The van der Waals surface area contributed by atoms with Crippen molar-refractivity contribution in [3.63, 3.8) is 0 Å². The van der Waals surface area contributed by atoms with Crippen molar-refractivity contribution in [2.24, 2.45) is 22.2 Å². The highest BCUT2D eigenvalue weighted by atomic mass is 14.4. The van der Waals surface area contributed by atoms with Crippen molar-refractivity contribution >= 4 is 0 Å². The fourth-order valence-corrected chi connectivity index (χ4v) is 3.47. The summed E-state index contributed by atoms with van der Waals surface area (Å²) in [5.41, 5.74) is 1.57. The van der Waals surface area contributed by atoms with Crippen molar-refractivity contribution in [2.75, 3.05) is 0 Å². The van der Waals surface area contributed by atoms with Crippen LogP contribution >= 0.6 is 0 Å². The van der Waals surface area contributed by atoms with Crippen LogP contribution in [0.1, 0.15) is 74.1 Å². The van der Waals surface area contributed by atoms with Crippen LogP contribution in [0.5, 0.6) is 0 Å². The average Bonchev–Trinajstić information content (AvgIpc) is 1.97. The second kappa shape index (κ2) is 3.79. The molecule has 1 aliphatic rings. The quantitative estimate of drug-likeness (QED) is 0.510. The van der Waals surface area contributed by atoms with Gasteiger partial charge in [-0.15, -0.1) is 0 Å². The lowest BCUT2D eigenvalue weighted by atomic mass is 9.60. The molecule has 1 fully saturated rings. The van der Waals surface area contributed by atoms with E-state index in [1.807, 2.05) is 0 Å². The van der Waals surface area contributed by atoms with E-state index in [1.54, 1.807) is 0 Å². The normalized spacial score (nSPS) is 34.2. The maximum absolute atomic E-state index is 2.45. The molecule has 1 unspecified atom stereocenters. The molecule has 1 aliphatic carbocycles. The smallest absolute Gasteiger partial charge is 0.0328 e. The van der Waals surface area contributed by atoms with Crippen LogP contribution < -0.4 is 0 Å². The lowest BCUT2D eigenvalue weighted by Gasteiger charge is -2.45. The molecule has 0 heteroatoms. The Hall–Kier alpha value is 0. The van der Waals surface area contributed by atoms with Gasteiger partial charge in [-0.2, -0.15) is 0 Å². The van der Waals surface area contributed by atoms with Gasteiger partial charge in [0.15, 0.2) is 0 Å². The molecule has 1 saturated carbocycles. The molecule has 0 nitrogen and oxygen atoms in total. The van der Waals surface area contributed by atoms with E-state index >= 15 is 0 Å². The third-order valence-electron chi connectivity index (χ3n) is 4.60. The highest BCUT2D eigenvalue weighted by Gasteiger charge is 2.38. The Morgan fingerprint density at radius 3 is 1.87 bits per heavy atom. The predicted octanol–water partition coefficient (Wildman–Crippen LogP) is 5.28. The first-order valence-corrected chi connectivity index (χ1v) is 6.54. The van der Waals surface area contributed by atoms with Crippen LogP contribution in [0.3, 0.4) is 0 Å². The zero-order valence-electron chi connectivity index (χ0n) is 11.9. The average molecular weight is 210 g/mol. The van der Waals surface area contributed by atoms with E-state index in [2.05, 4.69) is 48.5 Å². The summed E-state index contributed by atoms with van der Waals surface area (Å²) in [6.07, 6.45) is 5.52. The summed E-state index contributed by atoms with van der Waals surface area (Å²) in [5.74, 6) is 0.851.